The first-order chi connectivity index (χ1) is 10.2. The second-order valence-electron chi connectivity index (χ2n) is 6.03. The van der Waals surface area contributed by atoms with Gasteiger partial charge in [0.2, 0.25) is 0 Å². The number of rotatable bonds is 6. The number of nitrogens with one attached hydrogen (secondary N) is 2. The summed E-state index contributed by atoms with van der Waals surface area (Å²) in [6.45, 7) is 1.00. The van der Waals surface area contributed by atoms with Crippen molar-refractivity contribution in [2.24, 2.45) is 11.8 Å². The molecule has 7 heteroatoms. The number of hydrogen-bond donors (Lipinski definition) is 4. The molecule has 116 valence electrons. The quantitative estimate of drug-likeness (QED) is 0.637. The topological polar surface area (TPSA) is 100 Å². The summed E-state index contributed by atoms with van der Waals surface area (Å²) in [7, 11) is 0. The number of nitrogens with two attached hydrogens (primary N) is 1. The number of anilines is 2. The number of amides is 1. The van der Waals surface area contributed by atoms with Crippen molar-refractivity contribution in [1.29, 1.82) is 0 Å². The molecule has 0 saturated heterocycles. The van der Waals surface area contributed by atoms with E-state index in [1.807, 2.05) is 0 Å². The number of hydrogen-bond acceptors (Lipinski definition) is 6. The molecule has 21 heavy (non-hydrogen) atoms. The van der Waals surface area contributed by atoms with Crippen molar-refractivity contribution < 1.29 is 9.90 Å². The van der Waals surface area contributed by atoms with E-state index in [2.05, 4.69) is 15.0 Å². The smallest absolute Gasteiger partial charge is 0.258 e. The van der Waals surface area contributed by atoms with Gasteiger partial charge in [0, 0.05) is 19.2 Å². The van der Waals surface area contributed by atoms with Crippen molar-refractivity contribution in [1.82, 2.24) is 9.69 Å². The van der Waals surface area contributed by atoms with Crippen LogP contribution in [0.1, 0.15) is 42.5 Å². The Labute approximate surface area is 128 Å². The predicted molar refractivity (Wildman–Crippen MR) is 83.4 cm³/mol. The zero-order valence-electron chi connectivity index (χ0n) is 12.0. The second-order valence-corrected chi connectivity index (χ2v) is 6.81. The SMILES string of the molecule is Nc1nsc(NCC2CCCC2CO)c1C(=O)NC1CC1. The molecule has 1 heterocycles. The van der Waals surface area contributed by atoms with E-state index in [1.54, 1.807) is 0 Å². The molecular formula is C14H22N4O2S. The minimum absolute atomic E-state index is 0.128. The van der Waals surface area contributed by atoms with Gasteiger partial charge in [-0.15, -0.1) is 0 Å². The molecule has 2 fully saturated rings. The molecule has 2 saturated carbocycles. The Hall–Kier alpha value is -1.34. The number of carbonyl (C=O) groups excluding carboxylic acids is 1. The summed E-state index contributed by atoms with van der Waals surface area (Å²) in [5.41, 5.74) is 6.31. The average molecular weight is 310 g/mol. The van der Waals surface area contributed by atoms with Crippen molar-refractivity contribution in [2.75, 3.05) is 24.2 Å². The van der Waals surface area contributed by atoms with Crippen molar-refractivity contribution in [3.63, 3.8) is 0 Å². The van der Waals surface area contributed by atoms with Crippen molar-refractivity contribution >= 4 is 28.3 Å². The Morgan fingerprint density at radius 3 is 2.81 bits per heavy atom. The third kappa shape index (κ3) is 3.29. The maximum atomic E-state index is 12.2. The second kappa shape index (κ2) is 6.19. The van der Waals surface area contributed by atoms with Crippen LogP contribution in [-0.4, -0.2) is 34.6 Å². The Morgan fingerprint density at radius 1 is 1.33 bits per heavy atom. The third-order valence-corrected chi connectivity index (χ3v) is 5.25. The van der Waals surface area contributed by atoms with Gasteiger partial charge in [-0.05, 0) is 49.1 Å². The van der Waals surface area contributed by atoms with Gasteiger partial charge in [-0.1, -0.05) is 6.42 Å². The Morgan fingerprint density at radius 2 is 2.10 bits per heavy atom. The predicted octanol–water partition coefficient (Wildman–Crippen LogP) is 1.44. The largest absolute Gasteiger partial charge is 0.396 e. The summed E-state index contributed by atoms with van der Waals surface area (Å²) < 4.78 is 4.10. The fourth-order valence-electron chi connectivity index (χ4n) is 2.97. The number of aromatic nitrogens is 1. The molecule has 0 spiro atoms. The van der Waals surface area contributed by atoms with Gasteiger partial charge >= 0.3 is 0 Å². The maximum absolute atomic E-state index is 12.2. The van der Waals surface area contributed by atoms with Crippen LogP contribution in [0.15, 0.2) is 0 Å². The van der Waals surface area contributed by atoms with Gasteiger partial charge in [-0.25, -0.2) is 0 Å². The van der Waals surface area contributed by atoms with Crippen LogP contribution in [0.5, 0.6) is 0 Å². The standard InChI is InChI=1S/C14H22N4O2S/c15-12-11(13(20)17-10-4-5-10)14(21-18-12)16-6-8-2-1-3-9(8)7-19/h8-10,16,19H,1-7H2,(H2,15,18)(H,17,20). The molecule has 0 radical (unpaired) electrons. The lowest BCUT2D eigenvalue weighted by Crippen LogP contribution is -2.27. The van der Waals surface area contributed by atoms with E-state index in [9.17, 15) is 9.90 Å². The molecule has 3 rings (SSSR count). The first-order valence-electron chi connectivity index (χ1n) is 7.59. The molecule has 0 aliphatic heterocycles. The summed E-state index contributed by atoms with van der Waals surface area (Å²) in [5.74, 6) is 0.992. The van der Waals surface area contributed by atoms with Crippen LogP contribution in [-0.2, 0) is 0 Å². The zero-order valence-corrected chi connectivity index (χ0v) is 12.8. The minimum atomic E-state index is -0.128. The van der Waals surface area contributed by atoms with Crippen LogP contribution in [0.3, 0.4) is 0 Å². The van der Waals surface area contributed by atoms with E-state index in [0.717, 1.165) is 43.6 Å². The van der Waals surface area contributed by atoms with E-state index in [1.165, 1.54) is 11.5 Å². The van der Waals surface area contributed by atoms with Crippen molar-refractivity contribution in [3.05, 3.63) is 5.56 Å². The van der Waals surface area contributed by atoms with Crippen LogP contribution in [0.2, 0.25) is 0 Å². The number of aliphatic hydroxyl groups is 1. The van der Waals surface area contributed by atoms with Gasteiger partial charge in [0.1, 0.15) is 10.6 Å². The number of nitrogens with zero attached hydrogens (tertiary/aromatic N) is 1. The highest BCUT2D eigenvalue weighted by atomic mass is 32.1. The molecule has 1 amide bonds. The lowest BCUT2D eigenvalue weighted by Gasteiger charge is -2.18. The molecule has 0 bridgehead atoms. The Bertz CT molecular complexity index is 515. The monoisotopic (exact) mass is 310 g/mol. The van der Waals surface area contributed by atoms with Gasteiger partial charge in [0.05, 0.1) is 0 Å². The Balaban J connectivity index is 1.63. The summed E-state index contributed by atoms with van der Waals surface area (Å²) in [6.07, 6.45) is 5.47. The van der Waals surface area contributed by atoms with Crippen molar-refractivity contribution in [3.8, 4) is 0 Å². The molecule has 6 nitrogen and oxygen atoms in total. The summed E-state index contributed by atoms with van der Waals surface area (Å²) in [6, 6.07) is 0.304. The van der Waals surface area contributed by atoms with E-state index < -0.39 is 0 Å². The maximum Gasteiger partial charge on any atom is 0.258 e. The van der Waals surface area contributed by atoms with E-state index in [-0.39, 0.29) is 12.5 Å². The Kier molecular flexibility index (Phi) is 4.30. The van der Waals surface area contributed by atoms with E-state index >= 15 is 0 Å². The van der Waals surface area contributed by atoms with Gasteiger partial charge in [0.15, 0.2) is 5.82 Å². The fourth-order valence-corrected chi connectivity index (χ4v) is 3.69. The van der Waals surface area contributed by atoms with Crippen LogP contribution >= 0.6 is 11.5 Å². The molecule has 2 unspecified atom stereocenters. The van der Waals surface area contributed by atoms with Gasteiger partial charge in [0.25, 0.3) is 5.91 Å². The van der Waals surface area contributed by atoms with Gasteiger partial charge in [-0.2, -0.15) is 4.37 Å². The molecule has 0 aromatic carbocycles. The van der Waals surface area contributed by atoms with Crippen LogP contribution in [0.4, 0.5) is 10.8 Å². The number of carbonyl (C=O) groups is 1. The van der Waals surface area contributed by atoms with Gasteiger partial charge in [-0.3, -0.25) is 4.79 Å². The molecule has 2 atom stereocenters. The molecule has 2 aliphatic rings. The summed E-state index contributed by atoms with van der Waals surface area (Å²) in [5, 5.41) is 16.4. The lowest BCUT2D eigenvalue weighted by molar-refractivity contribution is 0.0953. The minimum Gasteiger partial charge on any atom is -0.396 e. The normalized spacial score (nSPS) is 25.0. The summed E-state index contributed by atoms with van der Waals surface area (Å²) >= 11 is 1.23. The van der Waals surface area contributed by atoms with Gasteiger partial charge < -0.3 is 21.5 Å². The molecule has 1 aromatic rings. The summed E-state index contributed by atoms with van der Waals surface area (Å²) in [4.78, 5) is 12.2. The fraction of sp³-hybridized carbons (Fsp3) is 0.714. The number of aliphatic hydroxyl groups excluding tert-OH is 1. The van der Waals surface area contributed by atoms with E-state index in [0.29, 0.717) is 29.3 Å². The first-order valence-corrected chi connectivity index (χ1v) is 8.37. The van der Waals surface area contributed by atoms with Crippen LogP contribution in [0.25, 0.3) is 0 Å². The molecule has 1 aromatic heterocycles. The van der Waals surface area contributed by atoms with Crippen LogP contribution in [0, 0.1) is 11.8 Å². The molecular weight excluding hydrogens is 288 g/mol. The van der Waals surface area contributed by atoms with Crippen molar-refractivity contribution in [2.45, 2.75) is 38.1 Å². The highest BCUT2D eigenvalue weighted by Gasteiger charge is 2.29. The molecule has 2 aliphatic carbocycles. The zero-order chi connectivity index (χ0) is 14.8. The molecule has 5 N–H and O–H groups in total. The van der Waals surface area contributed by atoms with E-state index in [4.69, 9.17) is 5.73 Å². The number of nitrogen functional groups attached to an aromatic ring is 1. The average Bonchev–Trinajstić information content (AvgIpc) is 3.02. The highest BCUT2D eigenvalue weighted by molar-refractivity contribution is 7.11. The van der Waals surface area contributed by atoms with Crippen LogP contribution < -0.4 is 16.4 Å². The first kappa shape index (κ1) is 14.6. The highest BCUT2D eigenvalue weighted by Crippen LogP contribution is 2.33. The lowest BCUT2D eigenvalue weighted by atomic mass is 9.97. The third-order valence-electron chi connectivity index (χ3n) is 4.43.